The third kappa shape index (κ3) is 2.52. The van der Waals surface area contributed by atoms with Crippen molar-refractivity contribution in [3.63, 3.8) is 0 Å². The molecule has 0 aliphatic rings. The number of benzene rings is 1. The lowest BCUT2D eigenvalue weighted by molar-refractivity contribution is -0.136. The van der Waals surface area contributed by atoms with E-state index < -0.39 is 23.2 Å². The van der Waals surface area contributed by atoms with E-state index in [4.69, 9.17) is 5.73 Å². The second kappa shape index (κ2) is 4.52. The van der Waals surface area contributed by atoms with Crippen LogP contribution in [0.2, 0.25) is 0 Å². The predicted molar refractivity (Wildman–Crippen MR) is 54.1 cm³/mol. The Kier molecular flexibility index (Phi) is 3.54. The zero-order valence-electron chi connectivity index (χ0n) is 8.56. The first-order valence-corrected chi connectivity index (χ1v) is 4.51. The van der Waals surface area contributed by atoms with Crippen molar-refractivity contribution < 1.29 is 18.0 Å². The van der Waals surface area contributed by atoms with Crippen LogP contribution in [0.1, 0.15) is 15.9 Å². The minimum Gasteiger partial charge on any atom is -0.398 e. The van der Waals surface area contributed by atoms with Crippen molar-refractivity contribution in [3.05, 3.63) is 29.3 Å². The van der Waals surface area contributed by atoms with Crippen molar-refractivity contribution in [2.45, 2.75) is 6.18 Å². The maximum absolute atomic E-state index is 12.5. The van der Waals surface area contributed by atoms with E-state index in [2.05, 4.69) is 5.32 Å². The monoisotopic (exact) mass is 232 g/mol. The molecule has 1 aromatic rings. The van der Waals surface area contributed by atoms with Gasteiger partial charge >= 0.3 is 6.18 Å². The predicted octanol–water partition coefficient (Wildman–Crippen LogP) is 1.69. The SMILES string of the molecule is CNCC(=O)c1cccc(C(F)(F)F)c1N. The van der Waals surface area contributed by atoms with Crippen LogP contribution >= 0.6 is 0 Å². The van der Waals surface area contributed by atoms with Gasteiger partial charge in [-0.1, -0.05) is 6.07 Å². The Labute approximate surface area is 90.4 Å². The number of carbonyl (C=O) groups is 1. The van der Waals surface area contributed by atoms with Crippen molar-refractivity contribution in [1.29, 1.82) is 0 Å². The molecular weight excluding hydrogens is 221 g/mol. The fraction of sp³-hybridized carbons (Fsp3) is 0.300. The molecule has 3 nitrogen and oxygen atoms in total. The smallest absolute Gasteiger partial charge is 0.398 e. The van der Waals surface area contributed by atoms with Gasteiger partial charge in [-0.25, -0.2) is 0 Å². The minimum atomic E-state index is -4.54. The highest BCUT2D eigenvalue weighted by Gasteiger charge is 2.34. The molecule has 1 aromatic carbocycles. The molecule has 0 saturated heterocycles. The van der Waals surface area contributed by atoms with Gasteiger partial charge < -0.3 is 11.1 Å². The van der Waals surface area contributed by atoms with Crippen LogP contribution in [0.3, 0.4) is 0 Å². The van der Waals surface area contributed by atoms with Crippen LogP contribution in [0, 0.1) is 0 Å². The summed E-state index contributed by atoms with van der Waals surface area (Å²) in [6.07, 6.45) is -4.54. The first kappa shape index (κ1) is 12.5. The number of alkyl halides is 3. The van der Waals surface area contributed by atoms with Crippen molar-refractivity contribution in [3.8, 4) is 0 Å². The lowest BCUT2D eigenvalue weighted by Gasteiger charge is -2.12. The first-order valence-electron chi connectivity index (χ1n) is 4.51. The van der Waals surface area contributed by atoms with Gasteiger partial charge in [0.15, 0.2) is 5.78 Å². The summed E-state index contributed by atoms with van der Waals surface area (Å²) in [5.41, 5.74) is 3.73. The van der Waals surface area contributed by atoms with Crippen molar-refractivity contribution in [2.75, 3.05) is 19.3 Å². The molecule has 6 heteroatoms. The van der Waals surface area contributed by atoms with E-state index in [1.165, 1.54) is 19.2 Å². The Bertz CT molecular complexity index is 402. The fourth-order valence-corrected chi connectivity index (χ4v) is 1.31. The van der Waals surface area contributed by atoms with Gasteiger partial charge in [0.1, 0.15) is 0 Å². The third-order valence-electron chi connectivity index (χ3n) is 2.05. The number of Topliss-reactive ketones (excluding diaryl/α,β-unsaturated/α-hetero) is 1. The molecule has 0 fully saturated rings. The van der Waals surface area contributed by atoms with E-state index in [1.54, 1.807) is 0 Å². The normalized spacial score (nSPS) is 11.5. The molecule has 0 unspecified atom stereocenters. The van der Waals surface area contributed by atoms with E-state index in [-0.39, 0.29) is 12.1 Å². The number of likely N-dealkylation sites (N-methyl/N-ethyl adjacent to an activating group) is 1. The highest BCUT2D eigenvalue weighted by atomic mass is 19.4. The molecule has 0 spiro atoms. The lowest BCUT2D eigenvalue weighted by Crippen LogP contribution is -2.21. The summed E-state index contributed by atoms with van der Waals surface area (Å²) < 4.78 is 37.4. The van der Waals surface area contributed by atoms with Gasteiger partial charge in [0.25, 0.3) is 0 Å². The van der Waals surface area contributed by atoms with Crippen LogP contribution in [0.4, 0.5) is 18.9 Å². The topological polar surface area (TPSA) is 55.1 Å². The Hall–Kier alpha value is -1.56. The van der Waals surface area contributed by atoms with E-state index in [1.807, 2.05) is 0 Å². The lowest BCUT2D eigenvalue weighted by atomic mass is 10.0. The molecule has 0 aliphatic carbocycles. The standard InChI is InChI=1S/C10H11F3N2O/c1-15-5-8(16)6-3-2-4-7(9(6)14)10(11,12)13/h2-4,15H,5,14H2,1H3. The number of nitrogen functional groups attached to an aromatic ring is 1. The molecule has 0 heterocycles. The fourth-order valence-electron chi connectivity index (χ4n) is 1.31. The van der Waals surface area contributed by atoms with Crippen LogP contribution in [0.25, 0.3) is 0 Å². The zero-order chi connectivity index (χ0) is 12.3. The molecule has 0 bridgehead atoms. The number of carbonyl (C=O) groups excluding carboxylic acids is 1. The van der Waals surface area contributed by atoms with Crippen molar-refractivity contribution in [1.82, 2.24) is 5.32 Å². The number of rotatable bonds is 3. The van der Waals surface area contributed by atoms with Gasteiger partial charge in [-0.2, -0.15) is 13.2 Å². The molecule has 1 rings (SSSR count). The summed E-state index contributed by atoms with van der Waals surface area (Å²) in [5.74, 6) is -0.467. The number of ketones is 1. The van der Waals surface area contributed by atoms with Crippen LogP contribution in [-0.2, 0) is 6.18 Å². The van der Waals surface area contributed by atoms with E-state index in [0.717, 1.165) is 6.07 Å². The summed E-state index contributed by atoms with van der Waals surface area (Å²) in [7, 11) is 1.53. The highest BCUT2D eigenvalue weighted by molar-refractivity contribution is 6.02. The summed E-state index contributed by atoms with van der Waals surface area (Å²) in [6.45, 7) is -0.0501. The molecule has 0 amide bonds. The highest BCUT2D eigenvalue weighted by Crippen LogP contribution is 2.34. The number of nitrogens with two attached hydrogens (primary N) is 1. The maximum atomic E-state index is 12.5. The summed E-state index contributed by atoms with van der Waals surface area (Å²) in [4.78, 5) is 11.4. The van der Waals surface area contributed by atoms with Crippen LogP contribution in [0.5, 0.6) is 0 Å². The van der Waals surface area contributed by atoms with Crippen molar-refractivity contribution >= 4 is 11.5 Å². The van der Waals surface area contributed by atoms with Gasteiger partial charge in [-0.3, -0.25) is 4.79 Å². The molecule has 0 aliphatic heterocycles. The molecule has 0 radical (unpaired) electrons. The number of hydrogen-bond acceptors (Lipinski definition) is 3. The van der Waals surface area contributed by atoms with E-state index in [0.29, 0.717) is 0 Å². The number of hydrogen-bond donors (Lipinski definition) is 2. The van der Waals surface area contributed by atoms with Crippen LogP contribution < -0.4 is 11.1 Å². The maximum Gasteiger partial charge on any atom is 0.418 e. The van der Waals surface area contributed by atoms with Crippen LogP contribution in [-0.4, -0.2) is 19.4 Å². The zero-order valence-corrected chi connectivity index (χ0v) is 8.56. The van der Waals surface area contributed by atoms with Gasteiger partial charge in [-0.15, -0.1) is 0 Å². The van der Waals surface area contributed by atoms with Crippen LogP contribution in [0.15, 0.2) is 18.2 Å². The molecular formula is C10H11F3N2O. The van der Waals surface area contributed by atoms with E-state index >= 15 is 0 Å². The summed E-state index contributed by atoms with van der Waals surface area (Å²) in [6, 6.07) is 3.30. The Balaban J connectivity index is 3.19. The number of halogens is 3. The number of nitrogens with one attached hydrogen (secondary N) is 1. The quantitative estimate of drug-likeness (QED) is 0.616. The van der Waals surface area contributed by atoms with Gasteiger partial charge in [0.05, 0.1) is 17.8 Å². The molecule has 16 heavy (non-hydrogen) atoms. The average molecular weight is 232 g/mol. The van der Waals surface area contributed by atoms with Crippen molar-refractivity contribution in [2.24, 2.45) is 0 Å². The first-order chi connectivity index (χ1) is 7.38. The van der Waals surface area contributed by atoms with Gasteiger partial charge in [0.2, 0.25) is 0 Å². The Morgan fingerprint density at radius 1 is 1.44 bits per heavy atom. The largest absolute Gasteiger partial charge is 0.418 e. The molecule has 0 saturated carbocycles. The van der Waals surface area contributed by atoms with E-state index in [9.17, 15) is 18.0 Å². The average Bonchev–Trinajstić information content (AvgIpc) is 2.16. The van der Waals surface area contributed by atoms with Gasteiger partial charge in [0, 0.05) is 5.56 Å². The Morgan fingerprint density at radius 3 is 2.56 bits per heavy atom. The summed E-state index contributed by atoms with van der Waals surface area (Å²) in [5, 5.41) is 2.57. The molecule has 0 atom stereocenters. The molecule has 88 valence electrons. The summed E-state index contributed by atoms with van der Waals surface area (Å²) >= 11 is 0. The molecule has 3 N–H and O–H groups in total. The number of anilines is 1. The second-order valence-electron chi connectivity index (χ2n) is 3.22. The minimum absolute atomic E-state index is 0.0501. The third-order valence-corrected chi connectivity index (χ3v) is 2.05. The Morgan fingerprint density at radius 2 is 2.06 bits per heavy atom. The second-order valence-corrected chi connectivity index (χ2v) is 3.22. The number of para-hydroxylation sites is 1. The molecule has 0 aromatic heterocycles. The van der Waals surface area contributed by atoms with Gasteiger partial charge in [-0.05, 0) is 19.2 Å².